The third-order valence-electron chi connectivity index (χ3n) is 12.9. The molecule has 0 aliphatic heterocycles. The topological polar surface area (TPSA) is 78.9 Å². The summed E-state index contributed by atoms with van der Waals surface area (Å²) in [7, 11) is 0. The summed E-state index contributed by atoms with van der Waals surface area (Å²) in [5.74, 6) is -1.14. The molecule has 0 saturated carbocycles. The smallest absolute Gasteiger partial charge is 0.309 e. The highest BCUT2D eigenvalue weighted by Crippen LogP contribution is 2.15. The van der Waals surface area contributed by atoms with E-state index in [0.29, 0.717) is 12.8 Å². The quantitative estimate of drug-likeness (QED) is 0.0261. The molecule has 0 aliphatic rings. The number of hydrogen-bond acceptors (Lipinski definition) is 6. The highest BCUT2D eigenvalue weighted by molar-refractivity contribution is 5.72. The second-order valence-corrected chi connectivity index (χ2v) is 20.5. The molecule has 0 aromatic carbocycles. The third-order valence-corrected chi connectivity index (χ3v) is 12.9. The number of hydrogen-bond donors (Lipinski definition) is 0. The van der Waals surface area contributed by atoms with Crippen molar-refractivity contribution in [2.24, 2.45) is 0 Å². The van der Waals surface area contributed by atoms with E-state index in [1.807, 2.05) is 6.08 Å². The Morgan fingerprint density at radius 3 is 0.840 bits per heavy atom. The Bertz CT molecular complexity index is 1900. The molecule has 452 valence electrons. The average Bonchev–Trinajstić information content (AvgIpc) is 3.47. The van der Waals surface area contributed by atoms with Crippen LogP contribution in [0.25, 0.3) is 0 Å². The van der Waals surface area contributed by atoms with Crippen molar-refractivity contribution in [3.8, 4) is 0 Å². The Balaban J connectivity index is 4.39. The molecule has 0 spiro atoms. The van der Waals surface area contributed by atoms with E-state index < -0.39 is 18.0 Å². The fourth-order valence-electron chi connectivity index (χ4n) is 8.23. The Labute approximate surface area is 497 Å². The van der Waals surface area contributed by atoms with Crippen molar-refractivity contribution in [1.82, 2.24) is 0 Å². The van der Waals surface area contributed by atoms with E-state index in [2.05, 4.69) is 191 Å². The van der Waals surface area contributed by atoms with E-state index in [9.17, 15) is 14.4 Å². The Morgan fingerprint density at radius 2 is 0.506 bits per heavy atom. The van der Waals surface area contributed by atoms with Crippen LogP contribution in [0.3, 0.4) is 0 Å². The summed E-state index contributed by atoms with van der Waals surface area (Å²) in [5.41, 5.74) is 0. The van der Waals surface area contributed by atoms with Crippen molar-refractivity contribution in [3.63, 3.8) is 0 Å². The Kier molecular flexibility index (Phi) is 62.5. The lowest BCUT2D eigenvalue weighted by Crippen LogP contribution is -2.30. The lowest BCUT2D eigenvalue weighted by molar-refractivity contribution is -0.166. The maximum absolute atomic E-state index is 12.9. The van der Waals surface area contributed by atoms with Crippen molar-refractivity contribution in [2.45, 2.75) is 258 Å². The summed E-state index contributed by atoms with van der Waals surface area (Å²) in [6.07, 6.45) is 101. The molecule has 0 heterocycles. The molecular weight excluding hydrogens is 997 g/mol. The minimum absolute atomic E-state index is 0.107. The van der Waals surface area contributed by atoms with E-state index in [1.165, 1.54) is 83.5 Å². The van der Waals surface area contributed by atoms with Crippen LogP contribution in [0.15, 0.2) is 182 Å². The second kappa shape index (κ2) is 67.0. The molecule has 6 nitrogen and oxygen atoms in total. The van der Waals surface area contributed by atoms with Crippen molar-refractivity contribution in [3.05, 3.63) is 182 Å². The van der Waals surface area contributed by atoms with Gasteiger partial charge in [0.25, 0.3) is 0 Å². The number of ether oxygens (including phenoxy) is 3. The third kappa shape index (κ3) is 65.2. The zero-order valence-corrected chi connectivity index (χ0v) is 51.7. The average molecular weight is 1110 g/mol. The molecular formula is C75H116O6. The number of esters is 3. The van der Waals surface area contributed by atoms with Crippen LogP contribution in [0, 0.1) is 0 Å². The van der Waals surface area contributed by atoms with E-state index in [-0.39, 0.29) is 32.0 Å². The molecule has 1 atom stereocenters. The van der Waals surface area contributed by atoms with Crippen LogP contribution in [-0.4, -0.2) is 37.2 Å². The summed E-state index contributed by atoms with van der Waals surface area (Å²) < 4.78 is 16.7. The molecule has 6 heteroatoms. The second-order valence-electron chi connectivity index (χ2n) is 20.5. The van der Waals surface area contributed by atoms with Crippen LogP contribution >= 0.6 is 0 Å². The van der Waals surface area contributed by atoms with Gasteiger partial charge in [-0.3, -0.25) is 14.4 Å². The largest absolute Gasteiger partial charge is 0.462 e. The Hall–Kier alpha value is -5.49. The minimum atomic E-state index is -0.858. The lowest BCUT2D eigenvalue weighted by Gasteiger charge is -2.18. The van der Waals surface area contributed by atoms with Gasteiger partial charge in [-0.1, -0.05) is 287 Å². The maximum atomic E-state index is 12.9. The Morgan fingerprint density at radius 1 is 0.259 bits per heavy atom. The molecule has 81 heavy (non-hydrogen) atoms. The molecule has 0 rings (SSSR count). The van der Waals surface area contributed by atoms with Crippen LogP contribution in [0.5, 0.6) is 0 Å². The first-order valence-electron chi connectivity index (χ1n) is 32.3. The van der Waals surface area contributed by atoms with E-state index in [1.54, 1.807) is 6.08 Å². The first-order valence-corrected chi connectivity index (χ1v) is 32.3. The summed E-state index contributed by atoms with van der Waals surface area (Å²) in [4.78, 5) is 38.2. The monoisotopic (exact) mass is 1110 g/mol. The fraction of sp³-hybridized carbons (Fsp3) is 0.560. The molecule has 0 aromatic rings. The molecule has 0 bridgehead atoms. The molecule has 0 N–H and O–H groups in total. The predicted molar refractivity (Wildman–Crippen MR) is 352 cm³/mol. The zero-order chi connectivity index (χ0) is 58.5. The van der Waals surface area contributed by atoms with Gasteiger partial charge in [0.15, 0.2) is 6.10 Å². The van der Waals surface area contributed by atoms with Crippen LogP contribution in [0.1, 0.15) is 252 Å². The molecule has 0 saturated heterocycles. The molecule has 1 unspecified atom stereocenters. The zero-order valence-electron chi connectivity index (χ0n) is 51.7. The molecule has 0 fully saturated rings. The van der Waals surface area contributed by atoms with Crippen molar-refractivity contribution in [1.29, 1.82) is 0 Å². The van der Waals surface area contributed by atoms with Gasteiger partial charge < -0.3 is 14.2 Å². The maximum Gasteiger partial charge on any atom is 0.309 e. The lowest BCUT2D eigenvalue weighted by atomic mass is 10.0. The van der Waals surface area contributed by atoms with E-state index in [4.69, 9.17) is 14.2 Å². The molecule has 0 radical (unpaired) electrons. The predicted octanol–water partition coefficient (Wildman–Crippen LogP) is 22.4. The van der Waals surface area contributed by atoms with Gasteiger partial charge in [0.2, 0.25) is 0 Å². The number of allylic oxidation sites excluding steroid dienone is 29. The SMILES string of the molecule is CC/C=C\C/C=C\C/C=C\C/C=C\C/C=C\CCCCCCCCCCCCCCCCCC(=O)OCC(COC(=O)C/C=C\C/C=C\C/C=C\C/C=C\C/C=C\CC)OC(=O)CCC/C=C\C/C=C\C/C=C\C/C=C\C/C=C\CC. The van der Waals surface area contributed by atoms with Crippen molar-refractivity contribution >= 4 is 17.9 Å². The van der Waals surface area contributed by atoms with Gasteiger partial charge >= 0.3 is 17.9 Å². The van der Waals surface area contributed by atoms with E-state index >= 15 is 0 Å². The van der Waals surface area contributed by atoms with Crippen LogP contribution in [0.2, 0.25) is 0 Å². The molecule has 0 amide bonds. The normalized spacial score (nSPS) is 13.4. The first kappa shape index (κ1) is 75.5. The van der Waals surface area contributed by atoms with E-state index in [0.717, 1.165) is 122 Å². The fourth-order valence-corrected chi connectivity index (χ4v) is 8.23. The highest BCUT2D eigenvalue weighted by atomic mass is 16.6. The van der Waals surface area contributed by atoms with Crippen molar-refractivity contribution < 1.29 is 28.6 Å². The van der Waals surface area contributed by atoms with Gasteiger partial charge in [-0.2, -0.15) is 0 Å². The van der Waals surface area contributed by atoms with Gasteiger partial charge in [0.05, 0.1) is 6.42 Å². The summed E-state index contributed by atoms with van der Waals surface area (Å²) in [6.45, 7) is 6.15. The van der Waals surface area contributed by atoms with Gasteiger partial charge in [0, 0.05) is 12.8 Å². The van der Waals surface area contributed by atoms with Crippen LogP contribution in [0.4, 0.5) is 0 Å². The van der Waals surface area contributed by atoms with Crippen LogP contribution < -0.4 is 0 Å². The highest BCUT2D eigenvalue weighted by Gasteiger charge is 2.19. The molecule has 0 aliphatic carbocycles. The summed E-state index contributed by atoms with van der Waals surface area (Å²) in [6, 6.07) is 0. The van der Waals surface area contributed by atoms with Crippen molar-refractivity contribution in [2.75, 3.05) is 13.2 Å². The number of rotatable bonds is 56. The standard InChI is InChI=1S/C75H116O6/c1-4-7-10-13-16-19-22-25-28-30-31-32-33-34-35-36-37-38-39-40-41-42-43-45-47-50-53-56-59-62-65-68-74(77)80-71-72(70-79-73(76)67-64-61-58-55-52-49-46-27-24-21-18-15-12-9-6-3)81-75(78)69-66-63-60-57-54-51-48-44-29-26-23-20-17-14-11-8-5-2/h7-12,16-21,25-29,31-32,34-35,46,48,51-52,55,57,60-61,64,72H,4-6,13-15,22-24,30,33,36-45,47,49-50,53-54,56,58-59,62-63,65-71H2,1-3H3/b10-7-,11-8-,12-9-,19-16-,20-17-,21-18-,28-25-,29-26-,32-31-,35-34-,46-27-,51-48-,55-52-,60-57-,64-61-. The van der Waals surface area contributed by atoms with Gasteiger partial charge in [-0.25, -0.2) is 0 Å². The van der Waals surface area contributed by atoms with Crippen LogP contribution in [-0.2, 0) is 28.6 Å². The van der Waals surface area contributed by atoms with Gasteiger partial charge in [-0.05, 0) is 128 Å². The number of unbranched alkanes of at least 4 members (excludes halogenated alkanes) is 16. The molecule has 0 aromatic heterocycles. The summed E-state index contributed by atoms with van der Waals surface area (Å²) in [5, 5.41) is 0. The van der Waals surface area contributed by atoms with Gasteiger partial charge in [-0.15, -0.1) is 0 Å². The summed E-state index contributed by atoms with van der Waals surface area (Å²) >= 11 is 0. The minimum Gasteiger partial charge on any atom is -0.462 e. The van der Waals surface area contributed by atoms with Gasteiger partial charge in [0.1, 0.15) is 13.2 Å². The first-order chi connectivity index (χ1) is 40.0. The number of carbonyl (C=O) groups is 3. The number of carbonyl (C=O) groups excluding carboxylic acids is 3.